The van der Waals surface area contributed by atoms with Crippen molar-refractivity contribution in [3.8, 4) is 0 Å². The van der Waals surface area contributed by atoms with E-state index in [1.165, 1.54) is 9.87 Å². The van der Waals surface area contributed by atoms with Crippen LogP contribution in [0.5, 0.6) is 0 Å². The molecule has 0 saturated carbocycles. The quantitative estimate of drug-likeness (QED) is 0.236. The predicted octanol–water partition coefficient (Wildman–Crippen LogP) is 5.62. The smallest absolute Gasteiger partial charge is 0.266 e. The Labute approximate surface area is 285 Å². The van der Waals surface area contributed by atoms with E-state index < -0.39 is 10.0 Å². The van der Waals surface area contributed by atoms with Crippen LogP contribution in [0.1, 0.15) is 28.8 Å². The fourth-order valence-electron chi connectivity index (χ4n) is 6.55. The largest absolute Gasteiger partial charge is 0.381 e. The van der Waals surface area contributed by atoms with Crippen molar-refractivity contribution in [1.29, 1.82) is 0 Å². The monoisotopic (exact) mass is 666 g/mol. The minimum atomic E-state index is -4.06. The number of carbonyl (C=O) groups excluding carboxylic acids is 1. The molecule has 10 heteroatoms. The maximum atomic E-state index is 14.5. The van der Waals surface area contributed by atoms with Crippen LogP contribution in [0.25, 0.3) is 0 Å². The van der Waals surface area contributed by atoms with Gasteiger partial charge >= 0.3 is 0 Å². The summed E-state index contributed by atoms with van der Waals surface area (Å²) < 4.78 is 30.4. The lowest BCUT2D eigenvalue weighted by Gasteiger charge is -2.37. The van der Waals surface area contributed by atoms with Crippen LogP contribution in [-0.2, 0) is 16.6 Å². The summed E-state index contributed by atoms with van der Waals surface area (Å²) in [6, 6.07) is 32.6. The number of piperidine rings is 1. The minimum Gasteiger partial charge on any atom is -0.381 e. The zero-order valence-corrected chi connectivity index (χ0v) is 28.9. The summed E-state index contributed by atoms with van der Waals surface area (Å²) in [4.78, 5) is 23.0. The Morgan fingerprint density at radius 1 is 0.771 bits per heavy atom. The Bertz CT molecular complexity index is 1770. The number of likely N-dealkylation sites (N-methyl/N-ethyl adjacent to an activating group) is 1. The molecule has 0 atom stereocenters. The topological polar surface area (TPSA) is 79.4 Å². The van der Waals surface area contributed by atoms with Crippen LogP contribution in [0.15, 0.2) is 108 Å². The minimum absolute atomic E-state index is 0.0851. The average molecular weight is 667 g/mol. The Morgan fingerprint density at radius 3 is 1.94 bits per heavy atom. The lowest BCUT2D eigenvalue weighted by atomic mass is 10.0. The number of para-hydroxylation sites is 2. The van der Waals surface area contributed by atoms with E-state index in [0.29, 0.717) is 16.9 Å². The van der Waals surface area contributed by atoms with Crippen molar-refractivity contribution in [2.75, 3.05) is 79.8 Å². The number of benzene rings is 4. The molecule has 1 N–H and O–H groups in total. The molecule has 0 aromatic heterocycles. The third-order valence-corrected chi connectivity index (χ3v) is 11.4. The number of nitrogens with one attached hydrogen (secondary N) is 1. The number of nitrogens with zero attached hydrogens (tertiary/aromatic N) is 5. The van der Waals surface area contributed by atoms with Gasteiger partial charge in [0.1, 0.15) is 4.90 Å². The summed E-state index contributed by atoms with van der Waals surface area (Å²) in [5.41, 5.74) is 4.23. The third kappa shape index (κ3) is 7.51. The average Bonchev–Trinajstić information content (AvgIpc) is 3.13. The first-order valence-electron chi connectivity index (χ1n) is 16.7. The number of hydrogen-bond donors (Lipinski definition) is 1. The van der Waals surface area contributed by atoms with E-state index in [0.717, 1.165) is 70.0 Å². The summed E-state index contributed by atoms with van der Waals surface area (Å²) in [5, 5.41) is 3.67. The first-order valence-corrected chi connectivity index (χ1v) is 18.2. The highest BCUT2D eigenvalue weighted by atomic mass is 32.2. The lowest BCUT2D eigenvalue weighted by Crippen LogP contribution is -2.45. The van der Waals surface area contributed by atoms with Crippen LogP contribution in [0.3, 0.4) is 0 Å². The fourth-order valence-corrected chi connectivity index (χ4v) is 7.90. The molecule has 2 heterocycles. The van der Waals surface area contributed by atoms with Crippen molar-refractivity contribution in [2.24, 2.45) is 0 Å². The maximum Gasteiger partial charge on any atom is 0.266 e. The molecule has 2 aliphatic heterocycles. The van der Waals surface area contributed by atoms with Crippen LogP contribution in [0, 0.1) is 0 Å². The molecule has 0 bridgehead atoms. The molecule has 0 spiro atoms. The van der Waals surface area contributed by atoms with Gasteiger partial charge in [0, 0.05) is 71.6 Å². The molecule has 0 radical (unpaired) electrons. The number of anilines is 4. The van der Waals surface area contributed by atoms with Gasteiger partial charge in [-0.05, 0) is 61.9 Å². The second-order valence-electron chi connectivity index (χ2n) is 12.8. The van der Waals surface area contributed by atoms with Gasteiger partial charge < -0.3 is 20.0 Å². The lowest BCUT2D eigenvalue weighted by molar-refractivity contribution is 0.0993. The molecule has 48 heavy (non-hydrogen) atoms. The molecule has 4 aromatic carbocycles. The Balaban J connectivity index is 1.38. The summed E-state index contributed by atoms with van der Waals surface area (Å²) in [7, 11) is 1.34. The third-order valence-electron chi connectivity index (χ3n) is 9.57. The van der Waals surface area contributed by atoms with Gasteiger partial charge in [-0.1, -0.05) is 66.7 Å². The number of sulfonamides is 1. The van der Waals surface area contributed by atoms with Gasteiger partial charge in [0.2, 0.25) is 0 Å². The maximum absolute atomic E-state index is 14.5. The van der Waals surface area contributed by atoms with Gasteiger partial charge in [0.25, 0.3) is 15.9 Å². The van der Waals surface area contributed by atoms with Crippen molar-refractivity contribution in [3.63, 3.8) is 0 Å². The molecular formula is C38H46N6O3S. The summed E-state index contributed by atoms with van der Waals surface area (Å²) in [5.74, 6) is -0.255. The second kappa shape index (κ2) is 14.8. The van der Waals surface area contributed by atoms with Gasteiger partial charge in [-0.25, -0.2) is 8.42 Å². The SMILES string of the molecule is CN1CCN(c2cc(NC3CCN(Cc4ccccc4)CC3)c(S(=O)(=O)N(C)c3ccccc3)cc2C(=O)N(C)c2ccccc2)CC1. The summed E-state index contributed by atoms with van der Waals surface area (Å²) in [6.07, 6.45) is 1.75. The van der Waals surface area contributed by atoms with Crippen molar-refractivity contribution in [3.05, 3.63) is 114 Å². The molecule has 0 aliphatic carbocycles. The van der Waals surface area contributed by atoms with E-state index in [4.69, 9.17) is 0 Å². The van der Waals surface area contributed by atoms with Crippen LogP contribution in [0.2, 0.25) is 0 Å². The number of rotatable bonds is 10. The van der Waals surface area contributed by atoms with Crippen LogP contribution < -0.4 is 19.4 Å². The number of carbonyl (C=O) groups is 1. The van der Waals surface area contributed by atoms with Gasteiger partial charge in [-0.2, -0.15) is 0 Å². The van der Waals surface area contributed by atoms with E-state index in [-0.39, 0.29) is 16.8 Å². The van der Waals surface area contributed by atoms with E-state index >= 15 is 0 Å². The second-order valence-corrected chi connectivity index (χ2v) is 14.8. The van der Waals surface area contributed by atoms with Gasteiger partial charge in [-0.15, -0.1) is 0 Å². The molecule has 1 amide bonds. The molecule has 2 aliphatic rings. The van der Waals surface area contributed by atoms with Gasteiger partial charge in [-0.3, -0.25) is 14.0 Å². The van der Waals surface area contributed by atoms with E-state index in [2.05, 4.69) is 51.3 Å². The van der Waals surface area contributed by atoms with Crippen LogP contribution in [-0.4, -0.2) is 90.6 Å². The molecule has 0 unspecified atom stereocenters. The van der Waals surface area contributed by atoms with Gasteiger partial charge in [0.05, 0.1) is 22.6 Å². The fraction of sp³-hybridized carbons (Fsp3) is 0.342. The van der Waals surface area contributed by atoms with E-state index in [1.807, 2.05) is 60.7 Å². The van der Waals surface area contributed by atoms with Crippen molar-refractivity contribution in [2.45, 2.75) is 30.3 Å². The number of likely N-dealkylation sites (tertiary alicyclic amines) is 1. The molecular weight excluding hydrogens is 621 g/mol. The molecule has 4 aromatic rings. The molecule has 9 nitrogen and oxygen atoms in total. The number of amides is 1. The van der Waals surface area contributed by atoms with Crippen LogP contribution >= 0.6 is 0 Å². The highest BCUT2D eigenvalue weighted by molar-refractivity contribution is 7.93. The van der Waals surface area contributed by atoms with E-state index in [9.17, 15) is 13.2 Å². The standard InChI is InChI=1S/C38H46N6O3S/c1-40-23-25-44(26-24-40)36-28-35(39-31-19-21-43(22-20-31)29-30-13-7-4-8-14-30)37(48(46,47)42(3)33-17-11-6-12-18-33)27-34(36)38(45)41(2)32-15-9-5-10-16-32/h4-18,27-28,31,39H,19-26,29H2,1-3H3. The van der Waals surface area contributed by atoms with Crippen molar-refractivity contribution >= 4 is 38.7 Å². The zero-order chi connectivity index (χ0) is 33.7. The Kier molecular flexibility index (Phi) is 10.3. The molecule has 2 saturated heterocycles. The Hall–Kier alpha value is -4.38. The normalized spacial score (nSPS) is 16.4. The predicted molar refractivity (Wildman–Crippen MR) is 196 cm³/mol. The number of hydrogen-bond acceptors (Lipinski definition) is 7. The summed E-state index contributed by atoms with van der Waals surface area (Å²) in [6.45, 7) is 5.88. The zero-order valence-electron chi connectivity index (χ0n) is 28.1. The first kappa shape index (κ1) is 33.5. The van der Waals surface area contributed by atoms with E-state index in [1.54, 1.807) is 37.2 Å². The highest BCUT2D eigenvalue weighted by Crippen LogP contribution is 2.37. The number of piperazine rings is 1. The van der Waals surface area contributed by atoms with Crippen molar-refractivity contribution in [1.82, 2.24) is 9.80 Å². The van der Waals surface area contributed by atoms with Crippen LogP contribution in [0.4, 0.5) is 22.7 Å². The van der Waals surface area contributed by atoms with Crippen molar-refractivity contribution < 1.29 is 13.2 Å². The van der Waals surface area contributed by atoms with Gasteiger partial charge in [0.15, 0.2) is 0 Å². The summed E-state index contributed by atoms with van der Waals surface area (Å²) >= 11 is 0. The molecule has 252 valence electrons. The first-order chi connectivity index (χ1) is 23.2. The Morgan fingerprint density at radius 2 is 1.33 bits per heavy atom. The highest BCUT2D eigenvalue weighted by Gasteiger charge is 2.32. The molecule has 6 rings (SSSR count). The molecule has 2 fully saturated rings.